The van der Waals surface area contributed by atoms with Gasteiger partial charge in [0.25, 0.3) is 0 Å². The van der Waals surface area contributed by atoms with Gasteiger partial charge in [-0.3, -0.25) is 0 Å². The van der Waals surface area contributed by atoms with Crippen molar-refractivity contribution >= 4 is 5.69 Å². The first kappa shape index (κ1) is 11.5. The van der Waals surface area contributed by atoms with Gasteiger partial charge in [-0.05, 0) is 54.3 Å². The van der Waals surface area contributed by atoms with Crippen LogP contribution in [0.4, 0.5) is 5.69 Å². The summed E-state index contributed by atoms with van der Waals surface area (Å²) in [5.74, 6) is 0.932. The molecule has 0 aliphatic carbocycles. The summed E-state index contributed by atoms with van der Waals surface area (Å²) < 4.78 is 5.32. The lowest BCUT2D eigenvalue weighted by atomic mass is 9.96. The Labute approximate surface area is 102 Å². The maximum absolute atomic E-state index is 5.70. The fraction of sp³-hybridized carbons (Fsp3) is 0.200. The first-order chi connectivity index (χ1) is 8.13. The molecule has 0 amide bonds. The van der Waals surface area contributed by atoms with Crippen LogP contribution >= 0.6 is 0 Å². The van der Waals surface area contributed by atoms with E-state index >= 15 is 0 Å². The topological polar surface area (TPSA) is 35.2 Å². The third kappa shape index (κ3) is 2.11. The van der Waals surface area contributed by atoms with E-state index < -0.39 is 0 Å². The van der Waals surface area contributed by atoms with Gasteiger partial charge in [0.1, 0.15) is 5.75 Å². The number of hydrogen-bond acceptors (Lipinski definition) is 2. The lowest BCUT2D eigenvalue weighted by molar-refractivity contribution is 0.411. The van der Waals surface area contributed by atoms with Crippen molar-refractivity contribution in [3.05, 3.63) is 47.5 Å². The van der Waals surface area contributed by atoms with E-state index in [2.05, 4.69) is 19.9 Å². The molecule has 0 spiro atoms. The van der Waals surface area contributed by atoms with Crippen LogP contribution in [0.1, 0.15) is 11.1 Å². The molecule has 0 fully saturated rings. The van der Waals surface area contributed by atoms with E-state index in [1.165, 1.54) is 22.3 Å². The van der Waals surface area contributed by atoms with Crippen LogP contribution in [0.2, 0.25) is 0 Å². The Morgan fingerprint density at radius 3 is 2.12 bits per heavy atom. The summed E-state index contributed by atoms with van der Waals surface area (Å²) in [4.78, 5) is 0. The molecule has 0 atom stereocenters. The van der Waals surface area contributed by atoms with Crippen molar-refractivity contribution in [2.75, 3.05) is 12.8 Å². The summed E-state index contributed by atoms with van der Waals surface area (Å²) in [5, 5.41) is 0. The highest BCUT2D eigenvalue weighted by atomic mass is 16.5. The lowest BCUT2D eigenvalue weighted by Gasteiger charge is -2.12. The van der Waals surface area contributed by atoms with E-state index in [0.29, 0.717) is 0 Å². The Bertz CT molecular complexity index is 529. The lowest BCUT2D eigenvalue weighted by Crippen LogP contribution is -1.93. The van der Waals surface area contributed by atoms with Crippen LogP contribution in [0.5, 0.6) is 5.75 Å². The number of anilines is 1. The van der Waals surface area contributed by atoms with Gasteiger partial charge in [-0.2, -0.15) is 0 Å². The maximum atomic E-state index is 5.70. The van der Waals surface area contributed by atoms with Crippen LogP contribution in [0.25, 0.3) is 11.1 Å². The van der Waals surface area contributed by atoms with Crippen molar-refractivity contribution in [3.8, 4) is 16.9 Å². The summed E-state index contributed by atoms with van der Waals surface area (Å²) in [6, 6.07) is 12.0. The van der Waals surface area contributed by atoms with Crippen molar-refractivity contribution in [1.29, 1.82) is 0 Å². The highest BCUT2D eigenvalue weighted by molar-refractivity contribution is 5.71. The zero-order valence-corrected chi connectivity index (χ0v) is 10.4. The Hall–Kier alpha value is -1.96. The van der Waals surface area contributed by atoms with E-state index in [1.807, 2.05) is 30.3 Å². The number of methoxy groups -OCH3 is 1. The minimum atomic E-state index is 0.789. The van der Waals surface area contributed by atoms with Crippen molar-refractivity contribution in [3.63, 3.8) is 0 Å². The number of rotatable bonds is 2. The van der Waals surface area contributed by atoms with Crippen molar-refractivity contribution < 1.29 is 4.74 Å². The van der Waals surface area contributed by atoms with Gasteiger partial charge in [-0.1, -0.05) is 18.2 Å². The highest BCUT2D eigenvalue weighted by Crippen LogP contribution is 2.31. The molecule has 0 saturated carbocycles. The second kappa shape index (κ2) is 4.50. The molecule has 0 radical (unpaired) electrons. The standard InChI is InChI=1S/C15H17NO/c1-10-11(2)15(17-3)9-8-14(10)12-4-6-13(16)7-5-12/h4-9H,16H2,1-3H3. The molecule has 2 nitrogen and oxygen atoms in total. The van der Waals surface area contributed by atoms with Crippen molar-refractivity contribution in [2.24, 2.45) is 0 Å². The minimum Gasteiger partial charge on any atom is -0.496 e. The molecule has 2 heteroatoms. The first-order valence-corrected chi connectivity index (χ1v) is 5.63. The summed E-state index contributed by atoms with van der Waals surface area (Å²) in [7, 11) is 1.70. The number of hydrogen-bond donors (Lipinski definition) is 1. The van der Waals surface area contributed by atoms with Gasteiger partial charge in [0.2, 0.25) is 0 Å². The van der Waals surface area contributed by atoms with Crippen molar-refractivity contribution in [1.82, 2.24) is 0 Å². The molecule has 2 aromatic carbocycles. The third-order valence-electron chi connectivity index (χ3n) is 3.18. The Balaban J connectivity index is 2.53. The summed E-state index contributed by atoms with van der Waals surface area (Å²) >= 11 is 0. The number of benzene rings is 2. The fourth-order valence-electron chi connectivity index (χ4n) is 1.99. The number of nitrogens with two attached hydrogens (primary N) is 1. The largest absolute Gasteiger partial charge is 0.496 e. The Morgan fingerprint density at radius 1 is 0.882 bits per heavy atom. The van der Waals surface area contributed by atoms with Gasteiger partial charge >= 0.3 is 0 Å². The van der Waals surface area contributed by atoms with Crippen LogP contribution in [0.15, 0.2) is 36.4 Å². The minimum absolute atomic E-state index is 0.789. The molecule has 2 N–H and O–H groups in total. The molecule has 0 saturated heterocycles. The van der Waals surface area contributed by atoms with E-state index in [-0.39, 0.29) is 0 Å². The molecule has 2 rings (SSSR count). The maximum Gasteiger partial charge on any atom is 0.122 e. The van der Waals surface area contributed by atoms with E-state index in [4.69, 9.17) is 10.5 Å². The quantitative estimate of drug-likeness (QED) is 0.796. The van der Waals surface area contributed by atoms with Gasteiger partial charge in [0.15, 0.2) is 0 Å². The highest BCUT2D eigenvalue weighted by Gasteiger charge is 2.07. The van der Waals surface area contributed by atoms with Gasteiger partial charge in [-0.15, -0.1) is 0 Å². The molecule has 88 valence electrons. The van der Waals surface area contributed by atoms with Gasteiger partial charge in [-0.25, -0.2) is 0 Å². The van der Waals surface area contributed by atoms with E-state index in [0.717, 1.165) is 11.4 Å². The van der Waals surface area contributed by atoms with Crippen molar-refractivity contribution in [2.45, 2.75) is 13.8 Å². The molecular weight excluding hydrogens is 210 g/mol. The van der Waals surface area contributed by atoms with Gasteiger partial charge in [0, 0.05) is 5.69 Å². The molecule has 0 heterocycles. The van der Waals surface area contributed by atoms with Crippen LogP contribution in [0.3, 0.4) is 0 Å². The Morgan fingerprint density at radius 2 is 1.53 bits per heavy atom. The fourth-order valence-corrected chi connectivity index (χ4v) is 1.99. The molecular formula is C15H17NO. The summed E-state index contributed by atoms with van der Waals surface area (Å²) in [5.41, 5.74) is 11.3. The zero-order chi connectivity index (χ0) is 12.4. The van der Waals surface area contributed by atoms with Crippen LogP contribution in [-0.2, 0) is 0 Å². The van der Waals surface area contributed by atoms with Crippen LogP contribution in [-0.4, -0.2) is 7.11 Å². The Kier molecular flexibility index (Phi) is 3.05. The first-order valence-electron chi connectivity index (χ1n) is 5.63. The van der Waals surface area contributed by atoms with Gasteiger partial charge < -0.3 is 10.5 Å². The molecule has 0 bridgehead atoms. The summed E-state index contributed by atoms with van der Waals surface area (Å²) in [6.45, 7) is 4.19. The third-order valence-corrected chi connectivity index (χ3v) is 3.18. The zero-order valence-electron chi connectivity index (χ0n) is 10.4. The molecule has 0 aromatic heterocycles. The number of nitrogen functional groups attached to an aromatic ring is 1. The monoisotopic (exact) mass is 227 g/mol. The molecule has 17 heavy (non-hydrogen) atoms. The predicted octanol–water partition coefficient (Wildman–Crippen LogP) is 3.56. The predicted molar refractivity (Wildman–Crippen MR) is 72.3 cm³/mol. The van der Waals surface area contributed by atoms with E-state index in [9.17, 15) is 0 Å². The molecule has 0 unspecified atom stereocenters. The van der Waals surface area contributed by atoms with E-state index in [1.54, 1.807) is 7.11 Å². The average molecular weight is 227 g/mol. The number of ether oxygens (including phenoxy) is 1. The second-order valence-electron chi connectivity index (χ2n) is 4.19. The van der Waals surface area contributed by atoms with Crippen LogP contribution < -0.4 is 10.5 Å². The smallest absolute Gasteiger partial charge is 0.122 e. The average Bonchev–Trinajstić information content (AvgIpc) is 2.34. The summed E-state index contributed by atoms with van der Waals surface area (Å²) in [6.07, 6.45) is 0. The van der Waals surface area contributed by atoms with Crippen LogP contribution in [0, 0.1) is 13.8 Å². The molecule has 0 aliphatic heterocycles. The normalized spacial score (nSPS) is 10.3. The van der Waals surface area contributed by atoms with Gasteiger partial charge in [0.05, 0.1) is 7.11 Å². The SMILES string of the molecule is COc1ccc(-c2ccc(N)cc2)c(C)c1C. The molecule has 2 aromatic rings. The second-order valence-corrected chi connectivity index (χ2v) is 4.19. The molecule has 0 aliphatic rings.